The van der Waals surface area contributed by atoms with Crippen LogP contribution in [0.1, 0.15) is 18.4 Å². The largest absolute Gasteiger partial charge is 0.491 e. The quantitative estimate of drug-likeness (QED) is 0.790. The second-order valence-electron chi connectivity index (χ2n) is 5.55. The van der Waals surface area contributed by atoms with Crippen LogP contribution in [0.5, 0.6) is 5.75 Å². The normalized spacial score (nSPS) is 16.1. The van der Waals surface area contributed by atoms with E-state index < -0.39 is 6.10 Å². The smallest absolute Gasteiger partial charge is 0.336 e. The molecule has 21 heavy (non-hydrogen) atoms. The Bertz CT molecular complexity index is 690. The molecule has 0 amide bonds. The van der Waals surface area contributed by atoms with Gasteiger partial charge in [0.2, 0.25) is 0 Å². The Morgan fingerprint density at radius 2 is 2.24 bits per heavy atom. The highest BCUT2D eigenvalue weighted by atomic mass is 16.5. The summed E-state index contributed by atoms with van der Waals surface area (Å²) in [5.74, 6) is 0.585. The predicted molar refractivity (Wildman–Crippen MR) is 79.7 cm³/mol. The Kier molecular flexibility index (Phi) is 3.94. The van der Waals surface area contributed by atoms with Crippen molar-refractivity contribution in [2.45, 2.75) is 31.9 Å². The maximum absolute atomic E-state index is 11.4. The van der Waals surface area contributed by atoms with Crippen molar-refractivity contribution in [1.29, 1.82) is 0 Å². The number of aliphatic hydroxyl groups excluding tert-OH is 1. The van der Waals surface area contributed by atoms with Gasteiger partial charge in [0.1, 0.15) is 24.0 Å². The first-order valence-corrected chi connectivity index (χ1v) is 7.20. The van der Waals surface area contributed by atoms with Gasteiger partial charge in [0.15, 0.2) is 0 Å². The van der Waals surface area contributed by atoms with E-state index >= 15 is 0 Å². The van der Waals surface area contributed by atoms with E-state index in [-0.39, 0.29) is 12.2 Å². The van der Waals surface area contributed by atoms with Crippen molar-refractivity contribution in [3.05, 3.63) is 40.2 Å². The van der Waals surface area contributed by atoms with Gasteiger partial charge in [-0.3, -0.25) is 0 Å². The standard InChI is InChI=1S/C16H19NO4/c1-10-6-16(19)21-15-7-13(4-5-14(10)15)20-9-12(18)8-17-11-2-3-11/h4-7,11-12,17-18H,2-3,8-9H2,1H3. The van der Waals surface area contributed by atoms with E-state index in [1.165, 1.54) is 18.9 Å². The summed E-state index contributed by atoms with van der Waals surface area (Å²) < 4.78 is 10.7. The van der Waals surface area contributed by atoms with Gasteiger partial charge in [-0.1, -0.05) is 0 Å². The van der Waals surface area contributed by atoms with Gasteiger partial charge in [0.25, 0.3) is 0 Å². The molecule has 1 saturated carbocycles. The SMILES string of the molecule is Cc1cc(=O)oc2cc(OCC(O)CNC3CC3)ccc12. The minimum Gasteiger partial charge on any atom is -0.491 e. The number of rotatable bonds is 6. The molecule has 1 fully saturated rings. The van der Waals surface area contributed by atoms with Crippen molar-refractivity contribution in [3.63, 3.8) is 0 Å². The first-order valence-electron chi connectivity index (χ1n) is 7.20. The van der Waals surface area contributed by atoms with Crippen molar-refractivity contribution in [2.24, 2.45) is 0 Å². The van der Waals surface area contributed by atoms with Gasteiger partial charge in [0.05, 0.1) is 0 Å². The Morgan fingerprint density at radius 3 is 3.00 bits per heavy atom. The van der Waals surface area contributed by atoms with Crippen LogP contribution < -0.4 is 15.7 Å². The Hall–Kier alpha value is -1.85. The summed E-state index contributed by atoms with van der Waals surface area (Å²) in [5.41, 5.74) is 1.01. The molecule has 112 valence electrons. The Labute approximate surface area is 122 Å². The number of fused-ring (bicyclic) bond motifs is 1. The molecular weight excluding hydrogens is 270 g/mol. The second-order valence-corrected chi connectivity index (χ2v) is 5.55. The van der Waals surface area contributed by atoms with Crippen LogP contribution in [0.2, 0.25) is 0 Å². The zero-order chi connectivity index (χ0) is 14.8. The summed E-state index contributed by atoms with van der Waals surface area (Å²) in [6.45, 7) is 2.61. The summed E-state index contributed by atoms with van der Waals surface area (Å²) in [5, 5.41) is 14.0. The lowest BCUT2D eigenvalue weighted by Gasteiger charge is -2.13. The summed E-state index contributed by atoms with van der Waals surface area (Å²) in [7, 11) is 0. The maximum Gasteiger partial charge on any atom is 0.336 e. The van der Waals surface area contributed by atoms with Crippen molar-refractivity contribution in [1.82, 2.24) is 5.32 Å². The van der Waals surface area contributed by atoms with Gasteiger partial charge in [-0.25, -0.2) is 4.79 Å². The lowest BCUT2D eigenvalue weighted by atomic mass is 10.1. The third-order valence-electron chi connectivity index (χ3n) is 3.58. The van der Waals surface area contributed by atoms with Crippen LogP contribution in [0.25, 0.3) is 11.0 Å². The fourth-order valence-corrected chi connectivity index (χ4v) is 2.24. The van der Waals surface area contributed by atoms with Gasteiger partial charge in [-0.05, 0) is 37.5 Å². The van der Waals surface area contributed by atoms with Crippen LogP contribution in [0.3, 0.4) is 0 Å². The minimum absolute atomic E-state index is 0.210. The van der Waals surface area contributed by atoms with Gasteiger partial charge in [0, 0.05) is 30.1 Å². The molecule has 0 radical (unpaired) electrons. The summed E-state index contributed by atoms with van der Waals surface area (Å²) in [6.07, 6.45) is 1.83. The van der Waals surface area contributed by atoms with Crippen molar-refractivity contribution < 1.29 is 14.3 Å². The molecule has 1 unspecified atom stereocenters. The summed E-state index contributed by atoms with van der Waals surface area (Å²) in [4.78, 5) is 11.4. The molecule has 0 bridgehead atoms. The summed E-state index contributed by atoms with van der Waals surface area (Å²) >= 11 is 0. The van der Waals surface area contributed by atoms with Crippen molar-refractivity contribution in [2.75, 3.05) is 13.2 Å². The molecule has 1 atom stereocenters. The van der Waals surface area contributed by atoms with Crippen LogP contribution >= 0.6 is 0 Å². The monoisotopic (exact) mass is 289 g/mol. The number of nitrogens with one attached hydrogen (secondary N) is 1. The van der Waals surface area contributed by atoms with Gasteiger partial charge in [-0.15, -0.1) is 0 Å². The van der Waals surface area contributed by atoms with E-state index in [0.717, 1.165) is 10.9 Å². The van der Waals surface area contributed by atoms with Gasteiger partial charge >= 0.3 is 5.63 Å². The molecule has 3 rings (SSSR count). The molecule has 0 aliphatic heterocycles. The minimum atomic E-state index is -0.550. The number of hydrogen-bond acceptors (Lipinski definition) is 5. The molecule has 0 saturated heterocycles. The van der Waals surface area contributed by atoms with E-state index in [1.54, 1.807) is 6.07 Å². The number of benzene rings is 1. The van der Waals surface area contributed by atoms with E-state index in [4.69, 9.17) is 9.15 Å². The molecular formula is C16H19NO4. The average Bonchev–Trinajstić information content (AvgIpc) is 3.26. The van der Waals surface area contributed by atoms with Crippen molar-refractivity contribution in [3.8, 4) is 5.75 Å². The second kappa shape index (κ2) is 5.87. The fourth-order valence-electron chi connectivity index (χ4n) is 2.24. The Balaban J connectivity index is 1.64. The van der Waals surface area contributed by atoms with Crippen LogP contribution in [-0.4, -0.2) is 30.4 Å². The number of hydrogen-bond donors (Lipinski definition) is 2. The third-order valence-corrected chi connectivity index (χ3v) is 3.58. The van der Waals surface area contributed by atoms with E-state index in [1.807, 2.05) is 19.1 Å². The highest BCUT2D eigenvalue weighted by molar-refractivity contribution is 5.81. The van der Waals surface area contributed by atoms with E-state index in [0.29, 0.717) is 23.9 Å². The first-order chi connectivity index (χ1) is 10.1. The summed E-state index contributed by atoms with van der Waals surface area (Å²) in [6, 6.07) is 7.40. The highest BCUT2D eigenvalue weighted by Gasteiger charge is 2.21. The Morgan fingerprint density at radius 1 is 1.43 bits per heavy atom. The molecule has 1 aliphatic carbocycles. The number of aryl methyl sites for hydroxylation is 1. The molecule has 1 aliphatic rings. The molecule has 5 heteroatoms. The lowest BCUT2D eigenvalue weighted by Crippen LogP contribution is -2.32. The van der Waals surface area contributed by atoms with Crippen molar-refractivity contribution >= 4 is 11.0 Å². The predicted octanol–water partition coefficient (Wildman–Crippen LogP) is 1.59. The lowest BCUT2D eigenvalue weighted by molar-refractivity contribution is 0.106. The molecule has 2 aromatic rings. The van der Waals surface area contributed by atoms with Crippen LogP contribution in [0, 0.1) is 6.92 Å². The fraction of sp³-hybridized carbons (Fsp3) is 0.438. The molecule has 2 N–H and O–H groups in total. The third kappa shape index (κ3) is 3.62. The molecule has 0 spiro atoms. The van der Waals surface area contributed by atoms with Crippen LogP contribution in [0.4, 0.5) is 0 Å². The number of ether oxygens (including phenoxy) is 1. The zero-order valence-electron chi connectivity index (χ0n) is 12.0. The highest BCUT2D eigenvalue weighted by Crippen LogP contribution is 2.22. The van der Waals surface area contributed by atoms with E-state index in [2.05, 4.69) is 5.32 Å². The van der Waals surface area contributed by atoms with E-state index in [9.17, 15) is 9.90 Å². The van der Waals surface area contributed by atoms with Crippen LogP contribution in [-0.2, 0) is 0 Å². The zero-order valence-corrected chi connectivity index (χ0v) is 12.0. The molecule has 5 nitrogen and oxygen atoms in total. The number of aliphatic hydroxyl groups is 1. The van der Waals surface area contributed by atoms with Crippen LogP contribution in [0.15, 0.2) is 33.5 Å². The topological polar surface area (TPSA) is 71.7 Å². The molecule has 1 aromatic heterocycles. The van der Waals surface area contributed by atoms with Gasteiger partial charge < -0.3 is 19.6 Å². The van der Waals surface area contributed by atoms with Gasteiger partial charge in [-0.2, -0.15) is 0 Å². The molecule has 1 aromatic carbocycles. The maximum atomic E-state index is 11.4. The average molecular weight is 289 g/mol. The first kappa shape index (κ1) is 14.1. The molecule has 1 heterocycles.